The first-order valence-electron chi connectivity index (χ1n) is 18.6. The van der Waals surface area contributed by atoms with Gasteiger partial charge in [0, 0.05) is 74.9 Å². The van der Waals surface area contributed by atoms with Crippen LogP contribution in [0.3, 0.4) is 0 Å². The molecule has 2 aliphatic rings. The SMILES string of the molecule is CN1CCNC(=O)c2cccc(c2)-c2cnc(NCN3CCC(=O)N(C)c4cccc(c4)-c4cnc(N)c(n4)C(=O)Nc4cnccc43)c(n2)C(=O)Nc2cnccc21. The third-order valence-corrected chi connectivity index (χ3v) is 9.94. The third-order valence-electron chi connectivity index (χ3n) is 9.94. The topological polar surface area (TPSA) is 229 Å². The first kappa shape index (κ1) is 37.9. The van der Waals surface area contributed by atoms with Crippen molar-refractivity contribution >= 4 is 63.7 Å². The van der Waals surface area contributed by atoms with Crippen molar-refractivity contribution in [2.45, 2.75) is 6.42 Å². The highest BCUT2D eigenvalue weighted by Gasteiger charge is 2.24. The van der Waals surface area contributed by atoms with Crippen LogP contribution < -0.4 is 41.7 Å². The van der Waals surface area contributed by atoms with Gasteiger partial charge in [0.1, 0.15) is 0 Å². The van der Waals surface area contributed by atoms with Crippen LogP contribution in [0.5, 0.6) is 0 Å². The lowest BCUT2D eigenvalue weighted by atomic mass is 10.1. The van der Waals surface area contributed by atoms with Gasteiger partial charge in [-0.3, -0.25) is 29.1 Å². The predicted octanol–water partition coefficient (Wildman–Crippen LogP) is 3.90. The van der Waals surface area contributed by atoms with Crippen LogP contribution in [0.2, 0.25) is 0 Å². The van der Waals surface area contributed by atoms with E-state index in [-0.39, 0.29) is 54.5 Å². The zero-order chi connectivity index (χ0) is 41.0. The van der Waals surface area contributed by atoms with Crippen molar-refractivity contribution in [3.05, 3.63) is 115 Å². The number of anilines is 7. The Bertz CT molecular complexity index is 2620. The number of nitrogens with zero attached hydrogens (tertiary/aromatic N) is 9. The summed E-state index contributed by atoms with van der Waals surface area (Å²) in [6.45, 7) is 0.942. The second-order valence-electron chi connectivity index (χ2n) is 13.7. The number of hydrogen-bond acceptors (Lipinski definition) is 14. The lowest BCUT2D eigenvalue weighted by Gasteiger charge is -2.28. The van der Waals surface area contributed by atoms with Gasteiger partial charge in [-0.05, 0) is 36.4 Å². The second-order valence-corrected chi connectivity index (χ2v) is 13.7. The van der Waals surface area contributed by atoms with Crippen molar-refractivity contribution in [3.63, 3.8) is 0 Å². The lowest BCUT2D eigenvalue weighted by molar-refractivity contribution is -0.118. The molecule has 6 heterocycles. The van der Waals surface area contributed by atoms with Crippen LogP contribution in [0.25, 0.3) is 22.5 Å². The molecular formula is C41H38N14O4. The molecule has 0 saturated carbocycles. The highest BCUT2D eigenvalue weighted by molar-refractivity contribution is 6.09. The van der Waals surface area contributed by atoms with Gasteiger partial charge in [0.2, 0.25) is 5.91 Å². The standard InChI is InChI=1S/C41H38N14O4/c1-53-16-14-45-39(57)26-7-3-5-24(17-26)29-22-47-38(36(50-29)41(59)51-30-19-43-12-9-32(30)53)48-23-55-15-11-34(56)54(2)27-8-4-6-25(18-27)28-21-46-37(42)35(49-28)40(58)52-31-20-44-13-10-33(31)55/h3-10,12-13,17-22H,11,14-16,23H2,1-2H3,(H2,42,46)(H,45,57)(H,47,48)(H,51,59)(H,52,58). The molecule has 59 heavy (non-hydrogen) atoms. The molecule has 0 aliphatic carbocycles. The van der Waals surface area contributed by atoms with E-state index in [1.165, 1.54) is 24.8 Å². The van der Waals surface area contributed by atoms with E-state index in [1.54, 1.807) is 85.0 Å². The largest absolute Gasteiger partial charge is 0.382 e. The van der Waals surface area contributed by atoms with Crippen LogP contribution in [0, 0.1) is 0 Å². The molecule has 0 atom stereocenters. The fourth-order valence-corrected chi connectivity index (χ4v) is 6.71. The van der Waals surface area contributed by atoms with E-state index in [2.05, 4.69) is 46.2 Å². The molecule has 6 N–H and O–H groups in total. The van der Waals surface area contributed by atoms with Crippen molar-refractivity contribution in [3.8, 4) is 22.5 Å². The summed E-state index contributed by atoms with van der Waals surface area (Å²) in [6, 6.07) is 17.6. The first-order chi connectivity index (χ1) is 28.6. The number of carbonyl (C=O) groups is 4. The van der Waals surface area contributed by atoms with Crippen molar-refractivity contribution < 1.29 is 19.2 Å². The van der Waals surface area contributed by atoms with E-state index in [1.807, 2.05) is 16.8 Å². The van der Waals surface area contributed by atoms with Crippen molar-refractivity contribution in [1.82, 2.24) is 35.2 Å². The highest BCUT2D eigenvalue weighted by atomic mass is 16.2. The molecule has 18 heteroatoms. The molecule has 0 spiro atoms. The Hall–Kier alpha value is -8.02. The van der Waals surface area contributed by atoms with Crippen LogP contribution in [-0.2, 0) is 4.79 Å². The van der Waals surface area contributed by atoms with Gasteiger partial charge in [-0.25, -0.2) is 19.9 Å². The molecule has 4 aromatic heterocycles. The molecule has 296 valence electrons. The molecular weight excluding hydrogens is 753 g/mol. The quantitative estimate of drug-likeness (QED) is 0.171. The number of fused-ring (bicyclic) bond motifs is 12. The van der Waals surface area contributed by atoms with Crippen LogP contribution in [0.15, 0.2) is 97.8 Å². The third kappa shape index (κ3) is 7.99. The second kappa shape index (κ2) is 16.2. The summed E-state index contributed by atoms with van der Waals surface area (Å²) < 4.78 is 0. The summed E-state index contributed by atoms with van der Waals surface area (Å²) in [6.07, 6.45) is 9.22. The molecule has 2 aliphatic heterocycles. The molecule has 0 saturated heterocycles. The molecule has 18 nitrogen and oxygen atoms in total. The molecule has 8 bridgehead atoms. The van der Waals surface area contributed by atoms with Crippen LogP contribution in [-0.4, -0.2) is 93.9 Å². The normalized spacial score (nSPS) is 14.6. The van der Waals surface area contributed by atoms with E-state index in [0.29, 0.717) is 69.6 Å². The summed E-state index contributed by atoms with van der Waals surface area (Å²) in [5.41, 5.74) is 10.9. The van der Waals surface area contributed by atoms with Crippen LogP contribution in [0.4, 0.5) is 40.1 Å². The fraction of sp³-hybridized carbons (Fsp3) is 0.171. The zero-order valence-electron chi connectivity index (χ0n) is 32.0. The number of nitrogens with two attached hydrogens (primary N) is 1. The number of likely N-dealkylation sites (N-methyl/N-ethyl adjacent to an activating group) is 1. The number of amides is 4. The van der Waals surface area contributed by atoms with Gasteiger partial charge in [0.15, 0.2) is 23.0 Å². The zero-order valence-corrected chi connectivity index (χ0v) is 32.0. The Balaban J connectivity index is 1.17. The highest BCUT2D eigenvalue weighted by Crippen LogP contribution is 2.30. The Morgan fingerprint density at radius 3 is 2.14 bits per heavy atom. The van der Waals surface area contributed by atoms with E-state index >= 15 is 0 Å². The average molecular weight is 791 g/mol. The number of hydrogen-bond donors (Lipinski definition) is 5. The summed E-state index contributed by atoms with van der Waals surface area (Å²) in [5.74, 6) is -1.57. The maximum Gasteiger partial charge on any atom is 0.278 e. The summed E-state index contributed by atoms with van der Waals surface area (Å²) in [4.78, 5) is 86.9. The smallest absolute Gasteiger partial charge is 0.278 e. The van der Waals surface area contributed by atoms with Crippen LogP contribution in [0.1, 0.15) is 37.8 Å². The van der Waals surface area contributed by atoms with Gasteiger partial charge in [-0.15, -0.1) is 0 Å². The van der Waals surface area contributed by atoms with Crippen molar-refractivity contribution in [2.24, 2.45) is 0 Å². The number of pyridine rings is 2. The van der Waals surface area contributed by atoms with Gasteiger partial charge >= 0.3 is 0 Å². The van der Waals surface area contributed by atoms with Gasteiger partial charge in [-0.2, -0.15) is 0 Å². The molecule has 0 fully saturated rings. The van der Waals surface area contributed by atoms with Crippen molar-refractivity contribution in [2.75, 3.05) is 76.8 Å². The van der Waals surface area contributed by atoms with Gasteiger partial charge in [0.05, 0.1) is 65.6 Å². The van der Waals surface area contributed by atoms with Crippen LogP contribution >= 0.6 is 0 Å². The summed E-state index contributed by atoms with van der Waals surface area (Å²) in [5, 5.41) is 12.0. The molecule has 6 aromatic rings. The van der Waals surface area contributed by atoms with E-state index in [0.717, 1.165) is 0 Å². The maximum atomic E-state index is 14.3. The van der Waals surface area contributed by atoms with Gasteiger partial charge in [-0.1, -0.05) is 24.3 Å². The van der Waals surface area contributed by atoms with Gasteiger partial charge in [0.25, 0.3) is 17.7 Å². The number of aromatic nitrogens is 6. The number of carbonyl (C=O) groups excluding carboxylic acids is 4. The Morgan fingerprint density at radius 2 is 1.36 bits per heavy atom. The van der Waals surface area contributed by atoms with E-state index in [9.17, 15) is 19.2 Å². The number of rotatable bonds is 3. The minimum absolute atomic E-state index is 0.0123. The fourth-order valence-electron chi connectivity index (χ4n) is 6.71. The number of nitrogens with one attached hydrogen (secondary N) is 4. The monoisotopic (exact) mass is 790 g/mol. The Labute approximate surface area is 338 Å². The van der Waals surface area contributed by atoms with E-state index < -0.39 is 11.8 Å². The minimum atomic E-state index is -0.615. The average Bonchev–Trinajstić information content (AvgIpc) is 3.26. The Kier molecular flexibility index (Phi) is 10.4. The molecule has 4 amide bonds. The molecule has 2 aromatic carbocycles. The maximum absolute atomic E-state index is 14.3. The molecule has 0 unspecified atom stereocenters. The first-order valence-corrected chi connectivity index (χ1v) is 18.6. The number of benzene rings is 2. The van der Waals surface area contributed by atoms with E-state index in [4.69, 9.17) is 10.7 Å². The van der Waals surface area contributed by atoms with Gasteiger partial charge < -0.3 is 41.7 Å². The van der Waals surface area contributed by atoms with Crippen molar-refractivity contribution in [1.29, 1.82) is 0 Å². The minimum Gasteiger partial charge on any atom is -0.382 e. The Morgan fingerprint density at radius 1 is 0.712 bits per heavy atom. The number of nitrogen functional groups attached to an aromatic ring is 1. The summed E-state index contributed by atoms with van der Waals surface area (Å²) in [7, 11) is 3.53. The lowest BCUT2D eigenvalue weighted by Crippen LogP contribution is -2.36. The summed E-state index contributed by atoms with van der Waals surface area (Å²) >= 11 is 0. The molecule has 0 radical (unpaired) electrons. The molecule has 8 rings (SSSR count). The predicted molar refractivity (Wildman–Crippen MR) is 223 cm³/mol.